The zero-order valence-corrected chi connectivity index (χ0v) is 15.2. The first-order valence-corrected chi connectivity index (χ1v) is 9.81. The van der Waals surface area contributed by atoms with Gasteiger partial charge in [-0.15, -0.1) is 23.1 Å². The van der Waals surface area contributed by atoms with E-state index >= 15 is 0 Å². The van der Waals surface area contributed by atoms with Gasteiger partial charge in [-0.3, -0.25) is 9.78 Å². The Balaban J connectivity index is 2.01. The molecule has 1 atom stereocenters. The highest BCUT2D eigenvalue weighted by Gasteiger charge is 2.32. The summed E-state index contributed by atoms with van der Waals surface area (Å²) in [6.45, 7) is 4.45. The van der Waals surface area contributed by atoms with Gasteiger partial charge in [-0.25, -0.2) is 9.36 Å². The number of thioether (sulfide) groups is 1. The number of nitrogens with one attached hydrogen (secondary N) is 1. The number of benzene rings is 1. The van der Waals surface area contributed by atoms with E-state index < -0.39 is 0 Å². The first-order valence-electron chi connectivity index (χ1n) is 8.01. The zero-order valence-electron chi connectivity index (χ0n) is 13.6. The number of H-pyrrole nitrogens is 1. The molecule has 0 saturated heterocycles. The minimum absolute atomic E-state index is 0.154. The van der Waals surface area contributed by atoms with Crippen LogP contribution >= 0.6 is 23.1 Å². The molecule has 1 aliphatic rings. The third kappa shape index (κ3) is 2.36. The molecule has 0 bridgehead atoms. The predicted octanol–water partition coefficient (Wildman–Crippen LogP) is 3.70. The van der Waals surface area contributed by atoms with E-state index in [1.807, 2.05) is 30.0 Å². The molecule has 0 spiro atoms. The lowest BCUT2D eigenvalue weighted by molar-refractivity contribution is 0.611. The Morgan fingerprint density at radius 1 is 1.25 bits per heavy atom. The smallest absolute Gasteiger partial charge is 0.298 e. The van der Waals surface area contributed by atoms with E-state index in [4.69, 9.17) is 0 Å². The topological polar surface area (TPSA) is 54.9 Å². The van der Waals surface area contributed by atoms with Gasteiger partial charge in [0, 0.05) is 15.4 Å². The average Bonchev–Trinajstić information content (AvgIpc) is 2.93. The number of hydrogen-bond donors (Lipinski definition) is 1. The molecule has 0 aliphatic carbocycles. The number of rotatable bonds is 2. The summed E-state index contributed by atoms with van der Waals surface area (Å²) in [4.78, 5) is 30.4. The third-order valence-electron chi connectivity index (χ3n) is 4.80. The van der Waals surface area contributed by atoms with Crippen LogP contribution in [0.1, 0.15) is 30.7 Å². The van der Waals surface area contributed by atoms with E-state index in [0.29, 0.717) is 15.9 Å². The van der Waals surface area contributed by atoms with Gasteiger partial charge in [0.15, 0.2) is 0 Å². The first kappa shape index (κ1) is 15.7. The van der Waals surface area contributed by atoms with Crippen LogP contribution < -0.4 is 11.2 Å². The van der Waals surface area contributed by atoms with Crippen LogP contribution in [-0.4, -0.2) is 14.3 Å². The second kappa shape index (κ2) is 5.63. The maximum Gasteiger partial charge on any atom is 0.334 e. The van der Waals surface area contributed by atoms with Gasteiger partial charge in [0.1, 0.15) is 4.83 Å². The van der Waals surface area contributed by atoms with Crippen LogP contribution in [0, 0.1) is 0 Å². The van der Waals surface area contributed by atoms with Crippen LogP contribution in [0.15, 0.2) is 39.9 Å². The molecule has 124 valence electrons. The summed E-state index contributed by atoms with van der Waals surface area (Å²) < 4.78 is 1.40. The number of aromatic nitrogens is 2. The van der Waals surface area contributed by atoms with Crippen LogP contribution in [0.2, 0.25) is 0 Å². The fourth-order valence-electron chi connectivity index (χ4n) is 3.19. The maximum atomic E-state index is 13.1. The highest BCUT2D eigenvalue weighted by atomic mass is 32.2. The number of thiophene rings is 1. The molecular weight excluding hydrogens is 340 g/mol. The van der Waals surface area contributed by atoms with Gasteiger partial charge < -0.3 is 0 Å². The van der Waals surface area contributed by atoms with Crippen molar-refractivity contribution >= 4 is 33.3 Å². The summed E-state index contributed by atoms with van der Waals surface area (Å²) in [5.41, 5.74) is 1.16. The lowest BCUT2D eigenvalue weighted by Crippen LogP contribution is -2.34. The molecule has 1 aliphatic heterocycles. The predicted molar refractivity (Wildman–Crippen MR) is 102 cm³/mol. The van der Waals surface area contributed by atoms with Gasteiger partial charge in [-0.05, 0) is 30.5 Å². The van der Waals surface area contributed by atoms with Crippen LogP contribution in [0.3, 0.4) is 0 Å². The van der Waals surface area contributed by atoms with Crippen molar-refractivity contribution in [3.05, 3.63) is 61.6 Å². The van der Waals surface area contributed by atoms with Crippen molar-refractivity contribution in [3.63, 3.8) is 0 Å². The fourth-order valence-corrected chi connectivity index (χ4v) is 5.70. The van der Waals surface area contributed by atoms with Crippen molar-refractivity contribution < 1.29 is 0 Å². The summed E-state index contributed by atoms with van der Waals surface area (Å²) >= 11 is 3.50. The molecule has 3 aromatic rings. The quantitative estimate of drug-likeness (QED) is 0.760. The highest BCUT2D eigenvalue weighted by molar-refractivity contribution is 8.00. The van der Waals surface area contributed by atoms with E-state index in [9.17, 15) is 9.59 Å². The van der Waals surface area contributed by atoms with Crippen molar-refractivity contribution in [2.75, 3.05) is 0 Å². The van der Waals surface area contributed by atoms with E-state index in [1.54, 1.807) is 23.5 Å². The van der Waals surface area contributed by atoms with Gasteiger partial charge in [0.2, 0.25) is 0 Å². The fraction of sp³-hybridized carbons (Fsp3) is 0.333. The largest absolute Gasteiger partial charge is 0.334 e. The Hall–Kier alpha value is -1.79. The molecule has 24 heavy (non-hydrogen) atoms. The summed E-state index contributed by atoms with van der Waals surface area (Å²) in [5.74, 6) is 0.909. The molecule has 0 fully saturated rings. The van der Waals surface area contributed by atoms with Crippen molar-refractivity contribution in [2.45, 2.75) is 37.2 Å². The summed E-state index contributed by atoms with van der Waals surface area (Å²) in [6.07, 6.45) is 1.93. The number of fused-ring (bicyclic) bond motifs is 3. The van der Waals surface area contributed by atoms with Gasteiger partial charge in [-0.2, -0.15) is 0 Å². The highest BCUT2D eigenvalue weighted by Crippen LogP contribution is 2.45. The summed E-state index contributed by atoms with van der Waals surface area (Å²) in [7, 11) is 0. The Morgan fingerprint density at radius 2 is 2.00 bits per heavy atom. The number of nitrogens with zero attached hydrogens (tertiary/aromatic N) is 1. The molecule has 3 heterocycles. The molecule has 4 nitrogen and oxygen atoms in total. The molecule has 6 heteroatoms. The molecule has 0 radical (unpaired) electrons. The minimum Gasteiger partial charge on any atom is -0.298 e. The van der Waals surface area contributed by atoms with E-state index in [2.05, 4.69) is 18.8 Å². The Morgan fingerprint density at radius 3 is 2.71 bits per heavy atom. The van der Waals surface area contributed by atoms with E-state index in [0.717, 1.165) is 24.2 Å². The number of hydrogen-bond acceptors (Lipinski definition) is 4. The van der Waals surface area contributed by atoms with Gasteiger partial charge in [0.05, 0.1) is 11.1 Å². The molecule has 1 aromatic carbocycles. The second-order valence-electron chi connectivity index (χ2n) is 6.38. The van der Waals surface area contributed by atoms with Gasteiger partial charge in [-0.1, -0.05) is 32.0 Å². The van der Waals surface area contributed by atoms with Gasteiger partial charge >= 0.3 is 5.69 Å². The Bertz CT molecular complexity index is 1030. The molecule has 0 amide bonds. The number of para-hydroxylation sites is 1. The van der Waals surface area contributed by atoms with Crippen LogP contribution in [0.4, 0.5) is 0 Å². The van der Waals surface area contributed by atoms with Crippen molar-refractivity contribution in [3.8, 4) is 5.69 Å². The van der Waals surface area contributed by atoms with Crippen LogP contribution in [-0.2, 0) is 12.2 Å². The SMILES string of the molecule is CC[C@@]1(C)Cc2c(sc3[nH]c(=O)n(-c4ccccc4)c(=O)c23)CS1. The molecule has 4 rings (SSSR count). The first-order chi connectivity index (χ1) is 11.5. The van der Waals surface area contributed by atoms with E-state index in [1.165, 1.54) is 9.44 Å². The lowest BCUT2D eigenvalue weighted by atomic mass is 9.96. The Kier molecular flexibility index (Phi) is 3.69. The van der Waals surface area contributed by atoms with Crippen LogP contribution in [0.5, 0.6) is 0 Å². The van der Waals surface area contributed by atoms with Crippen LogP contribution in [0.25, 0.3) is 15.9 Å². The van der Waals surface area contributed by atoms with Gasteiger partial charge in [0.25, 0.3) is 5.56 Å². The average molecular weight is 358 g/mol. The third-order valence-corrected chi connectivity index (χ3v) is 7.69. The molecule has 2 aromatic heterocycles. The zero-order chi connectivity index (χ0) is 16.9. The summed E-state index contributed by atoms with van der Waals surface area (Å²) in [6, 6.07) is 9.11. The van der Waals surface area contributed by atoms with Crippen molar-refractivity contribution in [1.82, 2.24) is 9.55 Å². The Labute approximate surface area is 147 Å². The molecular formula is C18H18N2O2S2. The minimum atomic E-state index is -0.372. The lowest BCUT2D eigenvalue weighted by Gasteiger charge is -2.31. The number of aromatic amines is 1. The van der Waals surface area contributed by atoms with E-state index in [-0.39, 0.29) is 16.0 Å². The summed E-state index contributed by atoms with van der Waals surface area (Å²) in [5, 5.41) is 0.693. The monoisotopic (exact) mass is 358 g/mol. The molecule has 0 unspecified atom stereocenters. The van der Waals surface area contributed by atoms with Crippen molar-refractivity contribution in [2.24, 2.45) is 0 Å². The standard InChI is InChI=1S/C18H18N2O2S2/c1-3-18(2)9-12-13(10-23-18)24-15-14(12)16(21)20(17(22)19-15)11-7-5-4-6-8-11/h4-8H,3,9-10H2,1-2H3,(H,19,22)/t18-/m0/s1. The maximum absolute atomic E-state index is 13.1. The normalized spacial score (nSPS) is 20.2. The molecule has 0 saturated carbocycles. The molecule has 1 N–H and O–H groups in total. The van der Waals surface area contributed by atoms with Crippen molar-refractivity contribution in [1.29, 1.82) is 0 Å². The second-order valence-corrected chi connectivity index (χ2v) is 9.05.